The minimum absolute atomic E-state index is 0.127. The fourth-order valence-corrected chi connectivity index (χ4v) is 3.17. The molecule has 2 heterocycles. The molecule has 0 N–H and O–H groups in total. The van der Waals surface area contributed by atoms with Crippen LogP contribution in [0.4, 0.5) is 0 Å². The normalized spacial score (nSPS) is 10.4. The highest BCUT2D eigenvalue weighted by molar-refractivity contribution is 9.10. The summed E-state index contributed by atoms with van der Waals surface area (Å²) in [6, 6.07) is 3.61. The average molecular weight is 346 g/mol. The maximum atomic E-state index is 12.2. The van der Waals surface area contributed by atoms with Crippen LogP contribution in [0.5, 0.6) is 0 Å². The van der Waals surface area contributed by atoms with Gasteiger partial charge in [0.15, 0.2) is 0 Å². The summed E-state index contributed by atoms with van der Waals surface area (Å²) in [5, 5.41) is 2.42. The molecule has 2 aromatic heterocycles. The van der Waals surface area contributed by atoms with Gasteiger partial charge in [0.25, 0.3) is 5.91 Å². The smallest absolute Gasteiger partial charge is 0.257 e. The summed E-state index contributed by atoms with van der Waals surface area (Å²) >= 11 is 11.0. The Balaban J connectivity index is 2.12. The van der Waals surface area contributed by atoms with Crippen LogP contribution in [-0.2, 0) is 6.54 Å². The van der Waals surface area contributed by atoms with Gasteiger partial charge < -0.3 is 4.90 Å². The standard InChI is InChI=1S/C12H10BrClN2OS/c1-16(6-9-4-8(13)7-18-9)12(17)10-5-15-3-2-11(10)14/h2-5,7H,6H2,1H3. The molecule has 0 saturated carbocycles. The van der Waals surface area contributed by atoms with Crippen LogP contribution in [0, 0.1) is 0 Å². The molecule has 94 valence electrons. The van der Waals surface area contributed by atoms with Crippen LogP contribution in [0.2, 0.25) is 5.02 Å². The molecule has 2 aromatic rings. The van der Waals surface area contributed by atoms with Crippen LogP contribution in [-0.4, -0.2) is 22.8 Å². The summed E-state index contributed by atoms with van der Waals surface area (Å²) < 4.78 is 1.03. The Hall–Kier alpha value is -0.910. The average Bonchev–Trinajstić information content (AvgIpc) is 2.74. The minimum atomic E-state index is -0.127. The molecule has 1 amide bonds. The van der Waals surface area contributed by atoms with Crippen molar-refractivity contribution in [3.05, 3.63) is 49.8 Å². The van der Waals surface area contributed by atoms with Gasteiger partial charge in [0.1, 0.15) is 0 Å². The van der Waals surface area contributed by atoms with Gasteiger partial charge in [-0.2, -0.15) is 0 Å². The summed E-state index contributed by atoms with van der Waals surface area (Å²) in [5.74, 6) is -0.127. The molecule has 0 saturated heterocycles. The molecule has 0 atom stereocenters. The first-order valence-electron chi connectivity index (χ1n) is 5.16. The largest absolute Gasteiger partial charge is 0.336 e. The van der Waals surface area contributed by atoms with Gasteiger partial charge in [0, 0.05) is 34.2 Å². The van der Waals surface area contributed by atoms with Crippen LogP contribution >= 0.6 is 38.9 Å². The van der Waals surface area contributed by atoms with Crippen molar-refractivity contribution in [1.82, 2.24) is 9.88 Å². The second-order valence-electron chi connectivity index (χ2n) is 3.75. The lowest BCUT2D eigenvalue weighted by Gasteiger charge is -2.16. The van der Waals surface area contributed by atoms with Crippen molar-refractivity contribution in [2.75, 3.05) is 7.05 Å². The molecule has 0 spiro atoms. The van der Waals surface area contributed by atoms with Gasteiger partial charge in [-0.25, -0.2) is 0 Å². The SMILES string of the molecule is CN(Cc1cc(Br)cs1)C(=O)c1cnccc1Cl. The van der Waals surface area contributed by atoms with Crippen molar-refractivity contribution in [3.8, 4) is 0 Å². The summed E-state index contributed by atoms with van der Waals surface area (Å²) in [5.41, 5.74) is 0.428. The number of aromatic nitrogens is 1. The van der Waals surface area contributed by atoms with Crippen LogP contribution in [0.1, 0.15) is 15.2 Å². The van der Waals surface area contributed by atoms with Crippen molar-refractivity contribution in [2.45, 2.75) is 6.54 Å². The lowest BCUT2D eigenvalue weighted by atomic mass is 10.2. The van der Waals surface area contributed by atoms with Gasteiger partial charge in [-0.05, 0) is 28.1 Å². The van der Waals surface area contributed by atoms with Crippen LogP contribution in [0.15, 0.2) is 34.4 Å². The van der Waals surface area contributed by atoms with Crippen LogP contribution in [0.25, 0.3) is 0 Å². The number of thiophene rings is 1. The van der Waals surface area contributed by atoms with Gasteiger partial charge in [-0.1, -0.05) is 11.6 Å². The molecule has 0 aliphatic heterocycles. The maximum Gasteiger partial charge on any atom is 0.257 e. The van der Waals surface area contributed by atoms with E-state index in [0.717, 1.165) is 9.35 Å². The Labute approximate surface area is 123 Å². The van der Waals surface area contributed by atoms with Gasteiger partial charge in [0.05, 0.1) is 17.1 Å². The number of carbonyl (C=O) groups is 1. The molecule has 2 rings (SSSR count). The molecule has 3 nitrogen and oxygen atoms in total. The Bertz CT molecular complexity index is 573. The third-order valence-corrected chi connectivity index (χ3v) is 4.37. The summed E-state index contributed by atoms with van der Waals surface area (Å²) in [6.45, 7) is 0.556. The quantitative estimate of drug-likeness (QED) is 0.847. The number of nitrogens with zero attached hydrogens (tertiary/aromatic N) is 2. The summed E-state index contributed by atoms with van der Waals surface area (Å²) in [7, 11) is 1.75. The van der Waals surface area contributed by atoms with Gasteiger partial charge in [0.2, 0.25) is 0 Å². The van der Waals surface area contributed by atoms with E-state index in [1.165, 1.54) is 6.20 Å². The Kier molecular flexibility index (Phi) is 4.37. The zero-order valence-electron chi connectivity index (χ0n) is 9.56. The van der Waals surface area contributed by atoms with Crippen LogP contribution in [0.3, 0.4) is 0 Å². The number of amides is 1. The Morgan fingerprint density at radius 1 is 1.61 bits per heavy atom. The van der Waals surface area contributed by atoms with Gasteiger partial charge in [-0.3, -0.25) is 9.78 Å². The number of rotatable bonds is 3. The van der Waals surface area contributed by atoms with Crippen molar-refractivity contribution in [3.63, 3.8) is 0 Å². The third-order valence-electron chi connectivity index (χ3n) is 2.36. The minimum Gasteiger partial charge on any atom is -0.336 e. The number of carbonyl (C=O) groups excluding carboxylic acids is 1. The molecule has 0 radical (unpaired) electrons. The first-order chi connectivity index (χ1) is 8.58. The number of hydrogen-bond acceptors (Lipinski definition) is 3. The van der Waals surface area contributed by atoms with E-state index in [1.54, 1.807) is 35.5 Å². The highest BCUT2D eigenvalue weighted by Crippen LogP contribution is 2.22. The second-order valence-corrected chi connectivity index (χ2v) is 6.07. The zero-order chi connectivity index (χ0) is 13.1. The lowest BCUT2D eigenvalue weighted by Crippen LogP contribution is -2.26. The van der Waals surface area contributed by atoms with Crippen LogP contribution < -0.4 is 0 Å². The van der Waals surface area contributed by atoms with E-state index in [-0.39, 0.29) is 5.91 Å². The number of pyridine rings is 1. The molecule has 0 fully saturated rings. The highest BCUT2D eigenvalue weighted by atomic mass is 79.9. The first-order valence-corrected chi connectivity index (χ1v) is 7.21. The topological polar surface area (TPSA) is 33.2 Å². The van der Waals surface area contributed by atoms with E-state index in [2.05, 4.69) is 20.9 Å². The maximum absolute atomic E-state index is 12.2. The van der Waals surface area contributed by atoms with Crippen molar-refractivity contribution in [1.29, 1.82) is 0 Å². The summed E-state index contributed by atoms with van der Waals surface area (Å²) in [4.78, 5) is 18.8. The molecular formula is C12H10BrClN2OS. The zero-order valence-corrected chi connectivity index (χ0v) is 12.7. The molecule has 18 heavy (non-hydrogen) atoms. The molecule has 0 aliphatic carbocycles. The first kappa shape index (κ1) is 13.5. The predicted octanol–water partition coefficient (Wildman–Crippen LogP) is 3.83. The molecule has 0 unspecified atom stereocenters. The Morgan fingerprint density at radius 2 is 2.39 bits per heavy atom. The Morgan fingerprint density at radius 3 is 3.00 bits per heavy atom. The third kappa shape index (κ3) is 3.10. The second kappa shape index (κ2) is 5.82. The van der Waals surface area contributed by atoms with Crippen molar-refractivity contribution < 1.29 is 4.79 Å². The van der Waals surface area contributed by atoms with Gasteiger partial charge in [-0.15, -0.1) is 11.3 Å². The monoisotopic (exact) mass is 344 g/mol. The van der Waals surface area contributed by atoms with E-state index >= 15 is 0 Å². The van der Waals surface area contributed by atoms with Gasteiger partial charge >= 0.3 is 0 Å². The molecule has 0 aliphatic rings. The van der Waals surface area contributed by atoms with E-state index < -0.39 is 0 Å². The molecule has 0 bridgehead atoms. The predicted molar refractivity (Wildman–Crippen MR) is 77.1 cm³/mol. The number of hydrogen-bond donors (Lipinski definition) is 0. The summed E-state index contributed by atoms with van der Waals surface area (Å²) in [6.07, 6.45) is 3.06. The molecule has 0 aromatic carbocycles. The molecular weight excluding hydrogens is 336 g/mol. The van der Waals surface area contributed by atoms with E-state index in [4.69, 9.17) is 11.6 Å². The fraction of sp³-hybridized carbons (Fsp3) is 0.167. The van der Waals surface area contributed by atoms with E-state index in [0.29, 0.717) is 17.1 Å². The molecule has 6 heteroatoms. The highest BCUT2D eigenvalue weighted by Gasteiger charge is 2.15. The fourth-order valence-electron chi connectivity index (χ4n) is 1.48. The van der Waals surface area contributed by atoms with E-state index in [1.807, 2.05) is 11.4 Å². The number of halogens is 2. The van der Waals surface area contributed by atoms with Crippen molar-refractivity contribution >= 4 is 44.8 Å². The lowest BCUT2D eigenvalue weighted by molar-refractivity contribution is 0.0786. The van der Waals surface area contributed by atoms with E-state index in [9.17, 15) is 4.79 Å². The van der Waals surface area contributed by atoms with Crippen molar-refractivity contribution in [2.24, 2.45) is 0 Å².